The molecule has 1 aromatic heterocycles. The van der Waals surface area contributed by atoms with E-state index in [0.717, 1.165) is 37.4 Å². The smallest absolute Gasteiger partial charge is 0.118 e. The molecule has 0 saturated heterocycles. The topological polar surface area (TPSA) is 25.4 Å². The molecule has 2 aromatic rings. The first-order chi connectivity index (χ1) is 9.78. The minimum Gasteiger partial charge on any atom is -0.497 e. The number of rotatable bonds is 7. The van der Waals surface area contributed by atoms with Gasteiger partial charge in [-0.2, -0.15) is 0 Å². The lowest BCUT2D eigenvalue weighted by molar-refractivity contribution is 0.341. The van der Waals surface area contributed by atoms with Gasteiger partial charge in [0.15, 0.2) is 0 Å². The van der Waals surface area contributed by atoms with Crippen LogP contribution in [0, 0.1) is 0 Å². The van der Waals surface area contributed by atoms with Crippen molar-refractivity contribution in [2.24, 2.45) is 0 Å². The third-order valence-electron chi connectivity index (χ3n) is 3.42. The van der Waals surface area contributed by atoms with Crippen LogP contribution in [-0.2, 0) is 12.8 Å². The molecule has 0 spiro atoms. The summed E-state index contributed by atoms with van der Waals surface area (Å²) in [4.78, 5) is 6.69. The van der Waals surface area contributed by atoms with E-state index in [-0.39, 0.29) is 0 Å². The van der Waals surface area contributed by atoms with Crippen LogP contribution >= 0.6 is 0 Å². The number of likely N-dealkylation sites (N-methyl/N-ethyl adjacent to an activating group) is 1. The van der Waals surface area contributed by atoms with E-state index in [1.165, 1.54) is 5.56 Å². The van der Waals surface area contributed by atoms with Gasteiger partial charge in [0.2, 0.25) is 0 Å². The zero-order valence-corrected chi connectivity index (χ0v) is 12.2. The fraction of sp³-hybridized carbons (Fsp3) is 0.353. The Kier molecular flexibility index (Phi) is 5.56. The molecular weight excluding hydrogens is 248 g/mol. The number of benzene rings is 1. The number of hydrogen-bond acceptors (Lipinski definition) is 3. The van der Waals surface area contributed by atoms with Gasteiger partial charge in [-0.15, -0.1) is 0 Å². The Bertz CT molecular complexity index is 496. The van der Waals surface area contributed by atoms with Crippen LogP contribution in [0.2, 0.25) is 0 Å². The molecule has 0 aliphatic rings. The standard InChI is InChI=1S/C17H22N2O/c1-19(14-11-16-5-3-4-12-18-16)13-10-15-6-8-17(20-2)9-7-15/h3-9,12H,10-11,13-14H2,1-2H3. The fourth-order valence-corrected chi connectivity index (χ4v) is 2.08. The first-order valence-electron chi connectivity index (χ1n) is 6.99. The predicted octanol–water partition coefficient (Wildman–Crippen LogP) is 2.81. The number of nitrogens with zero attached hydrogens (tertiary/aromatic N) is 2. The van der Waals surface area contributed by atoms with E-state index >= 15 is 0 Å². The molecule has 20 heavy (non-hydrogen) atoms. The van der Waals surface area contributed by atoms with Gasteiger partial charge in [0.25, 0.3) is 0 Å². The summed E-state index contributed by atoms with van der Waals surface area (Å²) in [5.41, 5.74) is 2.50. The number of methoxy groups -OCH3 is 1. The van der Waals surface area contributed by atoms with Crippen molar-refractivity contribution in [1.29, 1.82) is 0 Å². The Labute approximate surface area is 121 Å². The third kappa shape index (κ3) is 4.67. The molecule has 0 atom stereocenters. The van der Waals surface area contributed by atoms with Gasteiger partial charge in [-0.25, -0.2) is 0 Å². The fourth-order valence-electron chi connectivity index (χ4n) is 2.08. The van der Waals surface area contributed by atoms with Crippen LogP contribution in [0.3, 0.4) is 0 Å². The molecule has 0 amide bonds. The van der Waals surface area contributed by atoms with Crippen LogP contribution in [0.15, 0.2) is 48.7 Å². The van der Waals surface area contributed by atoms with Gasteiger partial charge in [0.1, 0.15) is 5.75 Å². The second kappa shape index (κ2) is 7.65. The zero-order chi connectivity index (χ0) is 14.2. The second-order valence-electron chi connectivity index (χ2n) is 4.97. The van der Waals surface area contributed by atoms with Crippen LogP contribution in [0.5, 0.6) is 5.75 Å². The molecule has 3 heteroatoms. The van der Waals surface area contributed by atoms with E-state index in [1.54, 1.807) is 7.11 Å². The molecule has 0 aliphatic carbocycles. The van der Waals surface area contributed by atoms with E-state index in [1.807, 2.05) is 30.5 Å². The van der Waals surface area contributed by atoms with Gasteiger partial charge in [-0.1, -0.05) is 18.2 Å². The van der Waals surface area contributed by atoms with Gasteiger partial charge >= 0.3 is 0 Å². The molecule has 1 heterocycles. The lowest BCUT2D eigenvalue weighted by Gasteiger charge is -2.16. The number of pyridine rings is 1. The maximum Gasteiger partial charge on any atom is 0.118 e. The van der Waals surface area contributed by atoms with Gasteiger partial charge < -0.3 is 9.64 Å². The Balaban J connectivity index is 1.73. The summed E-state index contributed by atoms with van der Waals surface area (Å²) in [6.07, 6.45) is 3.91. The van der Waals surface area contributed by atoms with Crippen molar-refractivity contribution < 1.29 is 4.74 Å². The SMILES string of the molecule is COc1ccc(CCN(C)CCc2ccccn2)cc1. The molecule has 3 nitrogen and oxygen atoms in total. The van der Waals surface area contributed by atoms with E-state index in [9.17, 15) is 0 Å². The van der Waals surface area contributed by atoms with Gasteiger partial charge in [0, 0.05) is 31.4 Å². The van der Waals surface area contributed by atoms with Crippen LogP contribution in [-0.4, -0.2) is 37.1 Å². The molecule has 2 rings (SSSR count). The van der Waals surface area contributed by atoms with Crippen molar-refractivity contribution in [2.75, 3.05) is 27.2 Å². The Morgan fingerprint density at radius 1 is 1.00 bits per heavy atom. The predicted molar refractivity (Wildman–Crippen MR) is 82.1 cm³/mol. The summed E-state index contributed by atoms with van der Waals surface area (Å²) in [7, 11) is 3.85. The summed E-state index contributed by atoms with van der Waals surface area (Å²) in [6.45, 7) is 2.09. The van der Waals surface area contributed by atoms with Crippen LogP contribution in [0.4, 0.5) is 0 Å². The quantitative estimate of drug-likeness (QED) is 0.773. The molecule has 0 N–H and O–H groups in total. The largest absolute Gasteiger partial charge is 0.497 e. The molecular formula is C17H22N2O. The summed E-state index contributed by atoms with van der Waals surface area (Å²) in [5.74, 6) is 0.914. The molecule has 0 saturated carbocycles. The van der Waals surface area contributed by atoms with Gasteiger partial charge in [-0.3, -0.25) is 4.98 Å². The number of aromatic nitrogens is 1. The summed E-state index contributed by atoms with van der Waals surface area (Å²) < 4.78 is 5.16. The molecule has 0 fully saturated rings. The maximum atomic E-state index is 5.16. The Morgan fingerprint density at radius 2 is 1.75 bits per heavy atom. The lowest BCUT2D eigenvalue weighted by atomic mass is 10.1. The van der Waals surface area contributed by atoms with Crippen molar-refractivity contribution in [2.45, 2.75) is 12.8 Å². The van der Waals surface area contributed by atoms with Crippen molar-refractivity contribution in [3.63, 3.8) is 0 Å². The minimum atomic E-state index is 0.914. The zero-order valence-electron chi connectivity index (χ0n) is 12.2. The number of ether oxygens (including phenoxy) is 1. The Hall–Kier alpha value is -1.87. The normalized spacial score (nSPS) is 10.8. The average molecular weight is 270 g/mol. The van der Waals surface area contributed by atoms with Crippen molar-refractivity contribution >= 4 is 0 Å². The molecule has 106 valence electrons. The highest BCUT2D eigenvalue weighted by atomic mass is 16.5. The third-order valence-corrected chi connectivity index (χ3v) is 3.42. The highest BCUT2D eigenvalue weighted by Crippen LogP contribution is 2.11. The van der Waals surface area contributed by atoms with Crippen molar-refractivity contribution in [1.82, 2.24) is 9.88 Å². The summed E-state index contributed by atoms with van der Waals surface area (Å²) in [6, 6.07) is 14.4. The molecule has 0 unspecified atom stereocenters. The molecule has 0 aliphatic heterocycles. The van der Waals surface area contributed by atoms with Crippen LogP contribution in [0.1, 0.15) is 11.3 Å². The Morgan fingerprint density at radius 3 is 2.40 bits per heavy atom. The first kappa shape index (κ1) is 14.5. The van der Waals surface area contributed by atoms with Gasteiger partial charge in [-0.05, 0) is 43.3 Å². The summed E-state index contributed by atoms with van der Waals surface area (Å²) in [5, 5.41) is 0. The summed E-state index contributed by atoms with van der Waals surface area (Å²) >= 11 is 0. The van der Waals surface area contributed by atoms with Gasteiger partial charge in [0.05, 0.1) is 7.11 Å². The van der Waals surface area contributed by atoms with E-state index in [2.05, 4.69) is 35.1 Å². The molecule has 1 aromatic carbocycles. The van der Waals surface area contributed by atoms with E-state index < -0.39 is 0 Å². The first-order valence-corrected chi connectivity index (χ1v) is 6.99. The van der Waals surface area contributed by atoms with Crippen molar-refractivity contribution in [3.05, 3.63) is 59.9 Å². The van der Waals surface area contributed by atoms with Crippen LogP contribution < -0.4 is 4.74 Å². The van der Waals surface area contributed by atoms with E-state index in [4.69, 9.17) is 4.74 Å². The lowest BCUT2D eigenvalue weighted by Crippen LogP contribution is -2.24. The maximum absolute atomic E-state index is 5.16. The molecule has 0 radical (unpaired) electrons. The van der Waals surface area contributed by atoms with Crippen LogP contribution in [0.25, 0.3) is 0 Å². The second-order valence-corrected chi connectivity index (χ2v) is 4.97. The average Bonchev–Trinajstić information content (AvgIpc) is 2.52. The molecule has 0 bridgehead atoms. The monoisotopic (exact) mass is 270 g/mol. The van der Waals surface area contributed by atoms with E-state index in [0.29, 0.717) is 0 Å². The highest BCUT2D eigenvalue weighted by Gasteiger charge is 2.01. The minimum absolute atomic E-state index is 0.914. The number of hydrogen-bond donors (Lipinski definition) is 0. The highest BCUT2D eigenvalue weighted by molar-refractivity contribution is 5.27. The van der Waals surface area contributed by atoms with Crippen molar-refractivity contribution in [3.8, 4) is 5.75 Å².